The number of hydrogen-bond donors (Lipinski definition) is 1. The summed E-state index contributed by atoms with van der Waals surface area (Å²) in [7, 11) is 1.80. The topological polar surface area (TPSA) is 55.6 Å². The van der Waals surface area contributed by atoms with Gasteiger partial charge in [-0.05, 0) is 43.0 Å². The summed E-state index contributed by atoms with van der Waals surface area (Å²) in [5.41, 5.74) is 6.76. The van der Waals surface area contributed by atoms with Crippen LogP contribution >= 0.6 is 0 Å². The van der Waals surface area contributed by atoms with E-state index in [1.807, 2.05) is 12.1 Å². The van der Waals surface area contributed by atoms with Crippen molar-refractivity contribution in [2.75, 3.05) is 26.7 Å². The number of carbonyl (C=O) groups excluding carboxylic acids is 1. The van der Waals surface area contributed by atoms with Crippen LogP contribution < -0.4 is 10.5 Å². The van der Waals surface area contributed by atoms with Gasteiger partial charge in [-0.2, -0.15) is 0 Å². The quantitative estimate of drug-likeness (QED) is 0.761. The van der Waals surface area contributed by atoms with Crippen LogP contribution in [0.25, 0.3) is 0 Å². The normalized spacial score (nSPS) is 12.0. The maximum absolute atomic E-state index is 11.8. The van der Waals surface area contributed by atoms with Crippen LogP contribution in [-0.4, -0.2) is 37.6 Å². The minimum atomic E-state index is 0.0969. The van der Waals surface area contributed by atoms with Gasteiger partial charge in [-0.25, -0.2) is 0 Å². The number of rotatable bonds is 9. The maximum Gasteiger partial charge on any atom is 0.225 e. The lowest BCUT2D eigenvalue weighted by Crippen LogP contribution is -2.29. The second-order valence-electron chi connectivity index (χ2n) is 5.43. The van der Waals surface area contributed by atoms with E-state index in [4.69, 9.17) is 10.5 Å². The summed E-state index contributed by atoms with van der Waals surface area (Å²) in [6.45, 7) is 6.12. The van der Waals surface area contributed by atoms with E-state index in [2.05, 4.69) is 26.0 Å². The standard InChI is InChI=1S/C17H28N2O2/c1-4-14(2)15-6-8-16(9-7-15)21-13-10-17(20)19(3)12-5-11-18/h6-9,14H,4-5,10-13,18H2,1-3H3. The summed E-state index contributed by atoms with van der Waals surface area (Å²) >= 11 is 0. The Labute approximate surface area is 128 Å². The van der Waals surface area contributed by atoms with Crippen LogP contribution in [0.1, 0.15) is 44.6 Å². The molecule has 2 N–H and O–H groups in total. The Kier molecular flexibility index (Phi) is 7.83. The van der Waals surface area contributed by atoms with Crippen LogP contribution in [0.5, 0.6) is 5.75 Å². The summed E-state index contributed by atoms with van der Waals surface area (Å²) in [4.78, 5) is 13.5. The predicted molar refractivity (Wildman–Crippen MR) is 86.6 cm³/mol. The highest BCUT2D eigenvalue weighted by molar-refractivity contribution is 5.75. The van der Waals surface area contributed by atoms with E-state index >= 15 is 0 Å². The monoisotopic (exact) mass is 292 g/mol. The SMILES string of the molecule is CCC(C)c1ccc(OCCC(=O)N(C)CCCN)cc1. The van der Waals surface area contributed by atoms with E-state index < -0.39 is 0 Å². The molecule has 1 aromatic carbocycles. The molecule has 1 amide bonds. The lowest BCUT2D eigenvalue weighted by molar-refractivity contribution is -0.130. The molecule has 4 nitrogen and oxygen atoms in total. The molecular formula is C17H28N2O2. The first-order chi connectivity index (χ1) is 10.1. The van der Waals surface area contributed by atoms with Crippen molar-refractivity contribution in [1.82, 2.24) is 4.90 Å². The molecule has 118 valence electrons. The molecular weight excluding hydrogens is 264 g/mol. The molecule has 0 fully saturated rings. The minimum Gasteiger partial charge on any atom is -0.493 e. The highest BCUT2D eigenvalue weighted by atomic mass is 16.5. The van der Waals surface area contributed by atoms with E-state index in [0.29, 0.717) is 32.0 Å². The Morgan fingerprint density at radius 2 is 2.00 bits per heavy atom. The molecule has 4 heteroatoms. The molecule has 0 heterocycles. The van der Waals surface area contributed by atoms with E-state index in [0.717, 1.165) is 18.6 Å². The number of hydrogen-bond acceptors (Lipinski definition) is 3. The van der Waals surface area contributed by atoms with E-state index in [1.54, 1.807) is 11.9 Å². The van der Waals surface area contributed by atoms with Gasteiger partial charge in [0.25, 0.3) is 0 Å². The lowest BCUT2D eigenvalue weighted by Gasteiger charge is -2.17. The number of amides is 1. The molecule has 1 aromatic rings. The Morgan fingerprint density at radius 1 is 1.33 bits per heavy atom. The molecule has 0 aromatic heterocycles. The van der Waals surface area contributed by atoms with Crippen LogP contribution in [0.2, 0.25) is 0 Å². The van der Waals surface area contributed by atoms with Gasteiger partial charge in [0.05, 0.1) is 13.0 Å². The van der Waals surface area contributed by atoms with Gasteiger partial charge in [0.15, 0.2) is 0 Å². The van der Waals surface area contributed by atoms with E-state index in [9.17, 15) is 4.79 Å². The van der Waals surface area contributed by atoms with Crippen molar-refractivity contribution in [3.05, 3.63) is 29.8 Å². The molecule has 1 atom stereocenters. The van der Waals surface area contributed by atoms with E-state index in [-0.39, 0.29) is 5.91 Å². The van der Waals surface area contributed by atoms with Crippen molar-refractivity contribution in [1.29, 1.82) is 0 Å². The highest BCUT2D eigenvalue weighted by Gasteiger charge is 2.08. The Bertz CT molecular complexity index is 417. The van der Waals surface area contributed by atoms with Crippen molar-refractivity contribution in [3.8, 4) is 5.75 Å². The summed E-state index contributed by atoms with van der Waals surface area (Å²) in [6, 6.07) is 8.14. The van der Waals surface area contributed by atoms with E-state index in [1.165, 1.54) is 5.56 Å². The number of nitrogens with zero attached hydrogens (tertiary/aromatic N) is 1. The zero-order valence-electron chi connectivity index (χ0n) is 13.5. The van der Waals surface area contributed by atoms with Crippen LogP contribution in [0, 0.1) is 0 Å². The average molecular weight is 292 g/mol. The zero-order chi connectivity index (χ0) is 15.7. The minimum absolute atomic E-state index is 0.0969. The molecule has 0 aliphatic carbocycles. The first-order valence-electron chi connectivity index (χ1n) is 7.75. The summed E-state index contributed by atoms with van der Waals surface area (Å²) < 4.78 is 5.63. The summed E-state index contributed by atoms with van der Waals surface area (Å²) in [5, 5.41) is 0. The lowest BCUT2D eigenvalue weighted by atomic mass is 9.99. The van der Waals surface area contributed by atoms with Gasteiger partial charge in [0.2, 0.25) is 5.91 Å². The van der Waals surface area contributed by atoms with Crippen LogP contribution in [-0.2, 0) is 4.79 Å². The molecule has 1 unspecified atom stereocenters. The Balaban J connectivity index is 2.33. The Morgan fingerprint density at radius 3 is 2.57 bits per heavy atom. The molecule has 0 saturated carbocycles. The van der Waals surface area contributed by atoms with Crippen molar-refractivity contribution < 1.29 is 9.53 Å². The fourth-order valence-corrected chi connectivity index (χ4v) is 2.03. The van der Waals surface area contributed by atoms with Gasteiger partial charge in [-0.15, -0.1) is 0 Å². The van der Waals surface area contributed by atoms with Crippen molar-refractivity contribution >= 4 is 5.91 Å². The third-order valence-corrected chi connectivity index (χ3v) is 3.77. The second kappa shape index (κ2) is 9.40. The maximum atomic E-state index is 11.8. The predicted octanol–water partition coefficient (Wildman–Crippen LogP) is 2.78. The fourth-order valence-electron chi connectivity index (χ4n) is 2.03. The average Bonchev–Trinajstić information content (AvgIpc) is 2.52. The molecule has 0 bridgehead atoms. The van der Waals surface area contributed by atoms with Gasteiger partial charge >= 0.3 is 0 Å². The number of carbonyl (C=O) groups is 1. The highest BCUT2D eigenvalue weighted by Crippen LogP contribution is 2.21. The zero-order valence-corrected chi connectivity index (χ0v) is 13.5. The van der Waals surface area contributed by atoms with Gasteiger partial charge < -0.3 is 15.4 Å². The first kappa shape index (κ1) is 17.5. The fraction of sp³-hybridized carbons (Fsp3) is 0.588. The van der Waals surface area contributed by atoms with Crippen LogP contribution in [0.4, 0.5) is 0 Å². The van der Waals surface area contributed by atoms with Gasteiger partial charge in [0, 0.05) is 13.6 Å². The molecule has 0 saturated heterocycles. The summed E-state index contributed by atoms with van der Waals surface area (Å²) in [6.07, 6.45) is 2.36. The van der Waals surface area contributed by atoms with Crippen molar-refractivity contribution in [2.45, 2.75) is 39.0 Å². The largest absolute Gasteiger partial charge is 0.493 e. The molecule has 1 rings (SSSR count). The first-order valence-corrected chi connectivity index (χ1v) is 7.75. The van der Waals surface area contributed by atoms with Crippen LogP contribution in [0.3, 0.4) is 0 Å². The number of benzene rings is 1. The molecule has 0 aliphatic rings. The van der Waals surface area contributed by atoms with Gasteiger partial charge in [0.1, 0.15) is 5.75 Å². The molecule has 0 spiro atoms. The molecule has 0 radical (unpaired) electrons. The van der Waals surface area contributed by atoms with Gasteiger partial charge in [-0.1, -0.05) is 26.0 Å². The van der Waals surface area contributed by atoms with Crippen molar-refractivity contribution in [2.24, 2.45) is 5.73 Å². The van der Waals surface area contributed by atoms with Crippen LogP contribution in [0.15, 0.2) is 24.3 Å². The second-order valence-corrected chi connectivity index (χ2v) is 5.43. The number of ether oxygens (including phenoxy) is 1. The smallest absolute Gasteiger partial charge is 0.225 e. The molecule has 0 aliphatic heterocycles. The third kappa shape index (κ3) is 6.17. The van der Waals surface area contributed by atoms with Crippen molar-refractivity contribution in [3.63, 3.8) is 0 Å². The third-order valence-electron chi connectivity index (χ3n) is 3.77. The summed E-state index contributed by atoms with van der Waals surface area (Å²) in [5.74, 6) is 1.48. The molecule has 21 heavy (non-hydrogen) atoms. The van der Waals surface area contributed by atoms with Gasteiger partial charge in [-0.3, -0.25) is 4.79 Å². The number of nitrogens with two attached hydrogens (primary N) is 1. The Hall–Kier alpha value is -1.55.